The van der Waals surface area contributed by atoms with Gasteiger partial charge in [-0.05, 0) is 51.3 Å². The number of H-pyrrole nitrogens is 2. The third-order valence-electron chi connectivity index (χ3n) is 4.33. The molecular weight excluding hydrogens is 390 g/mol. The van der Waals surface area contributed by atoms with Crippen LogP contribution in [-0.4, -0.2) is 19.9 Å². The Labute approximate surface area is 157 Å². The van der Waals surface area contributed by atoms with Crippen LogP contribution in [0.3, 0.4) is 0 Å². The van der Waals surface area contributed by atoms with Gasteiger partial charge >= 0.3 is 0 Å². The highest BCUT2D eigenvalue weighted by Gasteiger charge is 2.09. The zero-order chi connectivity index (χ0) is 17.5. The van der Waals surface area contributed by atoms with Crippen LogP contribution < -0.4 is 5.32 Å². The molecule has 0 aliphatic carbocycles. The molecule has 5 rings (SSSR count). The summed E-state index contributed by atoms with van der Waals surface area (Å²) in [6.45, 7) is 0. The van der Waals surface area contributed by atoms with E-state index in [4.69, 9.17) is 0 Å². The van der Waals surface area contributed by atoms with Crippen molar-refractivity contribution in [2.24, 2.45) is 0 Å². The molecule has 3 heterocycles. The van der Waals surface area contributed by atoms with E-state index in [1.807, 2.05) is 36.5 Å². The average Bonchev–Trinajstić information content (AvgIpc) is 3.25. The number of halogens is 1. The zero-order valence-electron chi connectivity index (χ0n) is 13.6. The number of rotatable bonds is 3. The Kier molecular flexibility index (Phi) is 3.50. The lowest BCUT2D eigenvalue weighted by Crippen LogP contribution is -1.91. The van der Waals surface area contributed by atoms with Crippen LogP contribution in [0.15, 0.2) is 71.5 Å². The van der Waals surface area contributed by atoms with Crippen LogP contribution in [0.1, 0.15) is 0 Å². The minimum Gasteiger partial charge on any atom is -0.358 e. The van der Waals surface area contributed by atoms with E-state index in [1.165, 1.54) is 5.56 Å². The number of fused-ring (bicyclic) bond motifs is 2. The van der Waals surface area contributed by atoms with Gasteiger partial charge in [0.15, 0.2) is 0 Å². The van der Waals surface area contributed by atoms with Crippen LogP contribution in [0.2, 0.25) is 0 Å². The summed E-state index contributed by atoms with van der Waals surface area (Å²) in [6, 6.07) is 20.5. The van der Waals surface area contributed by atoms with Gasteiger partial charge < -0.3 is 15.3 Å². The highest BCUT2D eigenvalue weighted by Crippen LogP contribution is 2.28. The van der Waals surface area contributed by atoms with Crippen LogP contribution in [0.25, 0.3) is 33.2 Å². The molecule has 6 heteroatoms. The normalized spacial score (nSPS) is 11.3. The molecule has 0 saturated carbocycles. The van der Waals surface area contributed by atoms with Gasteiger partial charge in [0, 0.05) is 6.20 Å². The number of hydrogen-bond donors (Lipinski definition) is 3. The molecule has 26 heavy (non-hydrogen) atoms. The number of aromatic nitrogens is 4. The van der Waals surface area contributed by atoms with Gasteiger partial charge in [0.25, 0.3) is 0 Å². The predicted molar refractivity (Wildman–Crippen MR) is 109 cm³/mol. The van der Waals surface area contributed by atoms with Crippen molar-refractivity contribution in [1.82, 2.24) is 19.9 Å². The molecule has 0 atom stereocenters. The minimum atomic E-state index is 0.688. The number of nitrogens with one attached hydrogen (secondary N) is 3. The van der Waals surface area contributed by atoms with Gasteiger partial charge in [0.05, 0.1) is 22.2 Å². The number of pyridine rings is 1. The number of hydrogen-bond acceptors (Lipinski definition) is 3. The predicted octanol–water partition coefficient (Wildman–Crippen LogP) is 5.61. The van der Waals surface area contributed by atoms with E-state index in [1.54, 1.807) is 0 Å². The summed E-state index contributed by atoms with van der Waals surface area (Å²) in [5.41, 5.74) is 6.95. The van der Waals surface area contributed by atoms with Crippen LogP contribution >= 0.6 is 15.9 Å². The SMILES string of the molecule is Brc1ccc2[nH]cc(Nc3nc4cc(-c5ccccc5)ccc4[nH]3)c2n1. The standard InChI is InChI=1S/C20H14BrN5/c21-18-9-8-15-19(26-18)17(11-22-15)25-20-23-14-7-6-13(10-16(14)24-20)12-4-2-1-3-5-12/h1-11,22H,(H2,23,24,25). The first kappa shape index (κ1) is 15.2. The number of nitrogens with zero attached hydrogens (tertiary/aromatic N) is 2. The molecule has 3 N–H and O–H groups in total. The van der Waals surface area contributed by atoms with Crippen molar-refractivity contribution in [2.45, 2.75) is 0 Å². The number of aromatic amines is 2. The first-order chi connectivity index (χ1) is 12.8. The summed E-state index contributed by atoms with van der Waals surface area (Å²) in [5.74, 6) is 0.688. The molecule has 0 fully saturated rings. The Bertz CT molecular complexity index is 1220. The van der Waals surface area contributed by atoms with Gasteiger partial charge in [-0.15, -0.1) is 0 Å². The van der Waals surface area contributed by atoms with E-state index in [2.05, 4.69) is 71.5 Å². The molecule has 0 unspecified atom stereocenters. The summed E-state index contributed by atoms with van der Waals surface area (Å²) in [7, 11) is 0. The molecule has 0 aliphatic rings. The van der Waals surface area contributed by atoms with Crippen molar-refractivity contribution in [3.8, 4) is 11.1 Å². The lowest BCUT2D eigenvalue weighted by molar-refractivity contribution is 1.30. The van der Waals surface area contributed by atoms with Gasteiger partial charge in [-0.1, -0.05) is 36.4 Å². The fourth-order valence-corrected chi connectivity index (χ4v) is 3.38. The summed E-state index contributed by atoms with van der Waals surface area (Å²) >= 11 is 3.42. The molecule has 0 spiro atoms. The number of benzene rings is 2. The topological polar surface area (TPSA) is 69.4 Å². The van der Waals surface area contributed by atoms with E-state index >= 15 is 0 Å². The highest BCUT2D eigenvalue weighted by molar-refractivity contribution is 9.10. The van der Waals surface area contributed by atoms with Gasteiger partial charge in [-0.25, -0.2) is 9.97 Å². The second kappa shape index (κ2) is 6.00. The summed E-state index contributed by atoms with van der Waals surface area (Å²) in [6.07, 6.45) is 1.90. The molecule has 0 saturated heterocycles. The molecule has 0 amide bonds. The molecule has 0 aliphatic heterocycles. The van der Waals surface area contributed by atoms with Gasteiger partial charge in [-0.3, -0.25) is 0 Å². The van der Waals surface area contributed by atoms with Crippen molar-refractivity contribution < 1.29 is 0 Å². The Morgan fingerprint density at radius 2 is 1.69 bits per heavy atom. The average molecular weight is 404 g/mol. The Balaban J connectivity index is 1.52. The van der Waals surface area contributed by atoms with Crippen LogP contribution in [0.5, 0.6) is 0 Å². The van der Waals surface area contributed by atoms with E-state index in [0.717, 1.165) is 37.9 Å². The first-order valence-corrected chi connectivity index (χ1v) is 9.01. The molecule has 3 aromatic heterocycles. The lowest BCUT2D eigenvalue weighted by Gasteiger charge is -2.00. The monoisotopic (exact) mass is 403 g/mol. The van der Waals surface area contributed by atoms with Crippen molar-refractivity contribution in [2.75, 3.05) is 5.32 Å². The fourth-order valence-electron chi connectivity index (χ4n) is 3.07. The maximum Gasteiger partial charge on any atom is 0.205 e. The largest absolute Gasteiger partial charge is 0.358 e. The van der Waals surface area contributed by atoms with Crippen LogP contribution in [0, 0.1) is 0 Å². The van der Waals surface area contributed by atoms with Crippen molar-refractivity contribution in [3.63, 3.8) is 0 Å². The molecule has 0 bridgehead atoms. The maximum absolute atomic E-state index is 4.68. The third-order valence-corrected chi connectivity index (χ3v) is 4.77. The van der Waals surface area contributed by atoms with Gasteiger partial charge in [0.1, 0.15) is 10.1 Å². The smallest absolute Gasteiger partial charge is 0.205 e. The minimum absolute atomic E-state index is 0.688. The van der Waals surface area contributed by atoms with Crippen molar-refractivity contribution in [3.05, 3.63) is 71.5 Å². The summed E-state index contributed by atoms with van der Waals surface area (Å²) in [5, 5.41) is 3.32. The van der Waals surface area contributed by atoms with E-state index in [-0.39, 0.29) is 0 Å². The van der Waals surface area contributed by atoms with E-state index in [0.29, 0.717) is 5.95 Å². The first-order valence-electron chi connectivity index (χ1n) is 8.22. The Hall–Kier alpha value is -3.12. The van der Waals surface area contributed by atoms with E-state index in [9.17, 15) is 0 Å². The number of imidazole rings is 1. The molecule has 0 radical (unpaired) electrons. The van der Waals surface area contributed by atoms with Gasteiger partial charge in [0.2, 0.25) is 5.95 Å². The highest BCUT2D eigenvalue weighted by atomic mass is 79.9. The van der Waals surface area contributed by atoms with Crippen LogP contribution in [-0.2, 0) is 0 Å². The zero-order valence-corrected chi connectivity index (χ0v) is 15.2. The number of anilines is 2. The summed E-state index contributed by atoms with van der Waals surface area (Å²) < 4.78 is 0.796. The third kappa shape index (κ3) is 2.64. The maximum atomic E-state index is 4.68. The van der Waals surface area contributed by atoms with Crippen molar-refractivity contribution >= 4 is 49.6 Å². The molecule has 5 nitrogen and oxygen atoms in total. The molecule has 2 aromatic carbocycles. The molecule has 5 aromatic rings. The van der Waals surface area contributed by atoms with Gasteiger partial charge in [-0.2, -0.15) is 0 Å². The fraction of sp³-hybridized carbons (Fsp3) is 0. The Morgan fingerprint density at radius 1 is 0.846 bits per heavy atom. The van der Waals surface area contributed by atoms with E-state index < -0.39 is 0 Å². The summed E-state index contributed by atoms with van der Waals surface area (Å²) in [4.78, 5) is 15.7. The quantitative estimate of drug-likeness (QED) is 0.342. The molecular formula is C20H14BrN5. The lowest BCUT2D eigenvalue weighted by atomic mass is 10.1. The van der Waals surface area contributed by atoms with Crippen molar-refractivity contribution in [1.29, 1.82) is 0 Å². The molecule has 126 valence electrons. The van der Waals surface area contributed by atoms with Crippen LogP contribution in [0.4, 0.5) is 11.6 Å². The second-order valence-corrected chi connectivity index (χ2v) is 6.85. The second-order valence-electron chi connectivity index (χ2n) is 6.04. The Morgan fingerprint density at radius 3 is 2.58 bits per heavy atom.